The smallest absolute Gasteiger partial charge is 0.281 e. The molecule has 0 aliphatic heterocycles. The molecule has 0 spiro atoms. The van der Waals surface area contributed by atoms with E-state index in [-0.39, 0.29) is 10.7 Å². The van der Waals surface area contributed by atoms with Crippen LogP contribution in [0.25, 0.3) is 0 Å². The zero-order valence-electron chi connectivity index (χ0n) is 9.47. The fourth-order valence-corrected chi connectivity index (χ4v) is 3.21. The van der Waals surface area contributed by atoms with Gasteiger partial charge in [-0.05, 0) is 40.2 Å². The van der Waals surface area contributed by atoms with E-state index >= 15 is 0 Å². The molecule has 0 radical (unpaired) electrons. The maximum absolute atomic E-state index is 12.2. The number of sulfonamides is 1. The van der Waals surface area contributed by atoms with Crippen molar-refractivity contribution < 1.29 is 8.42 Å². The Balaban J connectivity index is 2.43. The molecule has 1 heterocycles. The van der Waals surface area contributed by atoms with E-state index in [0.717, 1.165) is 0 Å². The first-order valence-electron chi connectivity index (χ1n) is 5.09. The molecule has 3 N–H and O–H groups in total. The maximum Gasteiger partial charge on any atom is 0.281 e. The summed E-state index contributed by atoms with van der Waals surface area (Å²) in [6.07, 6.45) is 1.36. The maximum atomic E-state index is 12.2. The molecule has 0 atom stereocenters. The van der Waals surface area contributed by atoms with E-state index in [0.29, 0.717) is 15.2 Å². The lowest BCUT2D eigenvalue weighted by Crippen LogP contribution is -2.16. The molecule has 5 nitrogen and oxygen atoms in total. The molecule has 0 saturated carbocycles. The third-order valence-electron chi connectivity index (χ3n) is 2.25. The number of nitrogens with two attached hydrogens (primary N) is 1. The number of nitrogen functional groups attached to an aromatic ring is 1. The molecule has 8 heteroatoms. The number of benzene rings is 1. The first kappa shape index (κ1) is 14.1. The number of halogens is 2. The van der Waals surface area contributed by atoms with Gasteiger partial charge in [-0.1, -0.05) is 17.7 Å². The van der Waals surface area contributed by atoms with Crippen molar-refractivity contribution in [3.05, 3.63) is 46.0 Å². The molecule has 0 unspecified atom stereocenters. The van der Waals surface area contributed by atoms with Crippen molar-refractivity contribution in [3.8, 4) is 0 Å². The summed E-state index contributed by atoms with van der Waals surface area (Å²) < 4.78 is 27.2. The average molecular weight is 363 g/mol. The second-order valence-electron chi connectivity index (χ2n) is 3.60. The minimum absolute atomic E-state index is 0.0770. The van der Waals surface area contributed by atoms with Crippen LogP contribution in [-0.2, 0) is 10.0 Å². The second-order valence-corrected chi connectivity index (χ2v) is 6.40. The highest BCUT2D eigenvalue weighted by molar-refractivity contribution is 9.10. The summed E-state index contributed by atoms with van der Waals surface area (Å²) in [5, 5.41) is 0.177. The van der Waals surface area contributed by atoms with Crippen LogP contribution >= 0.6 is 27.5 Å². The van der Waals surface area contributed by atoms with Gasteiger partial charge < -0.3 is 5.73 Å². The number of hydrogen-bond acceptors (Lipinski definition) is 4. The van der Waals surface area contributed by atoms with Crippen LogP contribution < -0.4 is 10.5 Å². The highest BCUT2D eigenvalue weighted by Crippen LogP contribution is 2.31. The van der Waals surface area contributed by atoms with E-state index in [1.807, 2.05) is 0 Å². The second kappa shape index (κ2) is 5.36. The Bertz CT molecular complexity index is 722. The monoisotopic (exact) mass is 361 g/mol. The van der Waals surface area contributed by atoms with Gasteiger partial charge >= 0.3 is 0 Å². The molecule has 0 saturated heterocycles. The first-order valence-corrected chi connectivity index (χ1v) is 7.74. The summed E-state index contributed by atoms with van der Waals surface area (Å²) in [4.78, 5) is 3.77. The molecule has 1 aromatic carbocycles. The minimum atomic E-state index is -3.86. The Morgan fingerprint density at radius 1 is 1.26 bits per heavy atom. The quantitative estimate of drug-likeness (QED) is 0.879. The van der Waals surface area contributed by atoms with Crippen molar-refractivity contribution in [3.63, 3.8) is 0 Å². The summed E-state index contributed by atoms with van der Waals surface area (Å²) >= 11 is 9.11. The first-order chi connectivity index (χ1) is 8.92. The SMILES string of the molecule is Nc1cccnc1S(=O)(=O)Nc1cccc(Cl)c1Br. The molecule has 2 rings (SSSR count). The topological polar surface area (TPSA) is 85.1 Å². The lowest BCUT2D eigenvalue weighted by molar-refractivity contribution is 0.598. The van der Waals surface area contributed by atoms with Gasteiger partial charge in [0.05, 0.1) is 20.9 Å². The Morgan fingerprint density at radius 3 is 2.68 bits per heavy atom. The van der Waals surface area contributed by atoms with Gasteiger partial charge in [-0.3, -0.25) is 4.72 Å². The number of nitrogens with zero attached hydrogens (tertiary/aromatic N) is 1. The van der Waals surface area contributed by atoms with Crippen molar-refractivity contribution in [1.29, 1.82) is 0 Å². The zero-order valence-corrected chi connectivity index (χ0v) is 12.6. The Labute approximate surface area is 124 Å². The molecule has 0 bridgehead atoms. The van der Waals surface area contributed by atoms with Gasteiger partial charge in [-0.25, -0.2) is 4.98 Å². The van der Waals surface area contributed by atoms with Crippen LogP contribution in [0.15, 0.2) is 46.0 Å². The summed E-state index contributed by atoms with van der Waals surface area (Å²) in [6, 6.07) is 7.87. The van der Waals surface area contributed by atoms with Gasteiger partial charge in [0.15, 0.2) is 5.03 Å². The largest absolute Gasteiger partial charge is 0.396 e. The normalized spacial score (nSPS) is 11.3. The molecule has 19 heavy (non-hydrogen) atoms. The van der Waals surface area contributed by atoms with E-state index in [9.17, 15) is 8.42 Å². The van der Waals surface area contributed by atoms with Gasteiger partial charge in [-0.2, -0.15) is 8.42 Å². The van der Waals surface area contributed by atoms with Crippen LogP contribution in [0.3, 0.4) is 0 Å². The number of nitrogens with one attached hydrogen (secondary N) is 1. The molecule has 100 valence electrons. The van der Waals surface area contributed by atoms with Gasteiger partial charge in [0, 0.05) is 6.20 Å². The van der Waals surface area contributed by atoms with Gasteiger partial charge in [-0.15, -0.1) is 0 Å². The Hall–Kier alpha value is -1.31. The molecular weight excluding hydrogens is 354 g/mol. The Kier molecular flexibility index (Phi) is 3.98. The fourth-order valence-electron chi connectivity index (χ4n) is 1.40. The van der Waals surface area contributed by atoms with Gasteiger partial charge in [0.25, 0.3) is 10.0 Å². The third-order valence-corrected chi connectivity index (χ3v) is 4.99. The van der Waals surface area contributed by atoms with Crippen LogP contribution in [-0.4, -0.2) is 13.4 Å². The van der Waals surface area contributed by atoms with Crippen LogP contribution in [0.5, 0.6) is 0 Å². The lowest BCUT2D eigenvalue weighted by atomic mass is 10.3. The zero-order chi connectivity index (χ0) is 14.0. The standard InChI is InChI=1S/C11H9BrClN3O2S/c12-10-7(13)3-1-5-9(10)16-19(17,18)11-8(14)4-2-6-15-11/h1-6,16H,14H2. The van der Waals surface area contributed by atoms with E-state index in [1.165, 1.54) is 12.3 Å². The molecule has 0 fully saturated rings. The van der Waals surface area contributed by atoms with Crippen molar-refractivity contribution in [2.24, 2.45) is 0 Å². The molecule has 0 amide bonds. The van der Waals surface area contributed by atoms with Crippen LogP contribution in [0.4, 0.5) is 11.4 Å². The van der Waals surface area contributed by atoms with E-state index in [4.69, 9.17) is 17.3 Å². The predicted molar refractivity (Wildman–Crippen MR) is 78.6 cm³/mol. The van der Waals surface area contributed by atoms with Crippen LogP contribution in [0, 0.1) is 0 Å². The summed E-state index contributed by atoms with van der Waals surface area (Å²) in [6.45, 7) is 0. The molecule has 1 aromatic heterocycles. The van der Waals surface area contributed by atoms with Crippen LogP contribution in [0.2, 0.25) is 5.02 Å². The van der Waals surface area contributed by atoms with Crippen molar-refractivity contribution >= 4 is 48.9 Å². The third kappa shape index (κ3) is 2.99. The van der Waals surface area contributed by atoms with E-state index in [2.05, 4.69) is 25.6 Å². The van der Waals surface area contributed by atoms with Crippen molar-refractivity contribution in [2.45, 2.75) is 5.03 Å². The number of anilines is 2. The molecule has 2 aromatic rings. The molecule has 0 aliphatic rings. The van der Waals surface area contributed by atoms with Crippen molar-refractivity contribution in [1.82, 2.24) is 4.98 Å². The highest BCUT2D eigenvalue weighted by Gasteiger charge is 2.20. The lowest BCUT2D eigenvalue weighted by Gasteiger charge is -2.11. The fraction of sp³-hybridized carbons (Fsp3) is 0. The number of hydrogen-bond donors (Lipinski definition) is 2. The summed E-state index contributed by atoms with van der Waals surface area (Å²) in [7, 11) is -3.86. The summed E-state index contributed by atoms with van der Waals surface area (Å²) in [5.74, 6) is 0. The number of aromatic nitrogens is 1. The summed E-state index contributed by atoms with van der Waals surface area (Å²) in [5.41, 5.74) is 6.00. The van der Waals surface area contributed by atoms with Crippen LogP contribution in [0.1, 0.15) is 0 Å². The van der Waals surface area contributed by atoms with Gasteiger partial charge in [0.2, 0.25) is 0 Å². The van der Waals surface area contributed by atoms with Gasteiger partial charge in [0.1, 0.15) is 0 Å². The van der Waals surface area contributed by atoms with E-state index < -0.39 is 10.0 Å². The van der Waals surface area contributed by atoms with E-state index in [1.54, 1.807) is 24.3 Å². The minimum Gasteiger partial charge on any atom is -0.396 e. The number of pyridine rings is 1. The Morgan fingerprint density at radius 2 is 2.00 bits per heavy atom. The predicted octanol–water partition coefficient (Wildman–Crippen LogP) is 2.88. The highest BCUT2D eigenvalue weighted by atomic mass is 79.9. The number of rotatable bonds is 3. The molecule has 0 aliphatic carbocycles. The van der Waals surface area contributed by atoms with Crippen molar-refractivity contribution in [2.75, 3.05) is 10.5 Å². The molecular formula is C11H9BrClN3O2S. The average Bonchev–Trinajstić information content (AvgIpc) is 2.35.